The van der Waals surface area contributed by atoms with Gasteiger partial charge >= 0.3 is 5.69 Å². The summed E-state index contributed by atoms with van der Waals surface area (Å²) in [4.78, 5) is 14.7. The van der Waals surface area contributed by atoms with Crippen molar-refractivity contribution in [1.29, 1.82) is 0 Å². The van der Waals surface area contributed by atoms with Gasteiger partial charge in [-0.05, 0) is 26.9 Å². The SMILES string of the molecule is CN(C)CCN(C)c1cc(OC2CC2)c([N+](=O)[O-])cc1N. The summed E-state index contributed by atoms with van der Waals surface area (Å²) in [6.45, 7) is 1.64. The van der Waals surface area contributed by atoms with Gasteiger partial charge in [-0.25, -0.2) is 0 Å². The molecule has 0 atom stereocenters. The number of likely N-dealkylation sites (N-methyl/N-ethyl adjacent to an activating group) is 2. The number of ether oxygens (including phenoxy) is 1. The van der Waals surface area contributed by atoms with E-state index in [2.05, 4.69) is 4.90 Å². The first-order valence-corrected chi connectivity index (χ1v) is 6.99. The van der Waals surface area contributed by atoms with Gasteiger partial charge in [0.15, 0.2) is 5.75 Å². The summed E-state index contributed by atoms with van der Waals surface area (Å²) in [7, 11) is 5.91. The first-order chi connectivity index (χ1) is 9.88. The lowest BCUT2D eigenvalue weighted by atomic mass is 10.2. The fourth-order valence-electron chi connectivity index (χ4n) is 1.98. The molecule has 2 rings (SSSR count). The van der Waals surface area contributed by atoms with Crippen LogP contribution in [0.4, 0.5) is 17.1 Å². The molecule has 1 aliphatic rings. The van der Waals surface area contributed by atoms with Gasteiger partial charge in [0.2, 0.25) is 0 Å². The van der Waals surface area contributed by atoms with E-state index in [1.165, 1.54) is 6.07 Å². The average Bonchev–Trinajstić information content (AvgIpc) is 3.21. The molecule has 0 saturated heterocycles. The van der Waals surface area contributed by atoms with E-state index in [1.807, 2.05) is 26.0 Å². The van der Waals surface area contributed by atoms with Gasteiger partial charge in [-0.2, -0.15) is 0 Å². The van der Waals surface area contributed by atoms with E-state index in [0.717, 1.165) is 31.6 Å². The van der Waals surface area contributed by atoms with Crippen LogP contribution in [0.3, 0.4) is 0 Å². The molecule has 1 aliphatic carbocycles. The van der Waals surface area contributed by atoms with Crippen molar-refractivity contribution in [2.24, 2.45) is 0 Å². The molecular weight excluding hydrogens is 272 g/mol. The maximum Gasteiger partial charge on any atom is 0.313 e. The van der Waals surface area contributed by atoms with E-state index < -0.39 is 4.92 Å². The second kappa shape index (κ2) is 6.17. The van der Waals surface area contributed by atoms with Crippen molar-refractivity contribution in [2.45, 2.75) is 18.9 Å². The normalized spacial score (nSPS) is 14.3. The Morgan fingerprint density at radius 2 is 2.00 bits per heavy atom. The molecular formula is C14H22N4O3. The third-order valence-electron chi connectivity index (χ3n) is 3.42. The van der Waals surface area contributed by atoms with Crippen LogP contribution in [-0.4, -0.2) is 50.2 Å². The number of rotatable bonds is 7. The van der Waals surface area contributed by atoms with Crippen LogP contribution in [0.15, 0.2) is 12.1 Å². The van der Waals surface area contributed by atoms with Crippen LogP contribution in [0.5, 0.6) is 5.75 Å². The summed E-state index contributed by atoms with van der Waals surface area (Å²) < 4.78 is 5.65. The molecule has 7 nitrogen and oxygen atoms in total. The number of anilines is 2. The highest BCUT2D eigenvalue weighted by Crippen LogP contribution is 2.39. The van der Waals surface area contributed by atoms with Gasteiger partial charge in [0.25, 0.3) is 0 Å². The average molecular weight is 294 g/mol. The fourth-order valence-corrected chi connectivity index (χ4v) is 1.98. The number of hydrogen-bond donors (Lipinski definition) is 1. The molecule has 21 heavy (non-hydrogen) atoms. The van der Waals surface area contributed by atoms with E-state index in [9.17, 15) is 10.1 Å². The molecule has 2 N–H and O–H groups in total. The molecule has 1 fully saturated rings. The van der Waals surface area contributed by atoms with Crippen LogP contribution in [0.25, 0.3) is 0 Å². The Bertz CT molecular complexity index is 529. The zero-order valence-electron chi connectivity index (χ0n) is 12.7. The van der Waals surface area contributed by atoms with Crippen molar-refractivity contribution in [2.75, 3.05) is 44.9 Å². The molecule has 1 aromatic rings. The lowest BCUT2D eigenvalue weighted by Crippen LogP contribution is -2.29. The number of nitro benzene ring substituents is 1. The summed E-state index contributed by atoms with van der Waals surface area (Å²) in [5.41, 5.74) is 7.06. The fraction of sp³-hybridized carbons (Fsp3) is 0.571. The molecule has 0 bridgehead atoms. The van der Waals surface area contributed by atoms with E-state index in [-0.39, 0.29) is 11.8 Å². The third-order valence-corrected chi connectivity index (χ3v) is 3.42. The number of nitrogens with zero attached hydrogens (tertiary/aromatic N) is 3. The summed E-state index contributed by atoms with van der Waals surface area (Å²) in [5, 5.41) is 11.1. The van der Waals surface area contributed by atoms with Crippen molar-refractivity contribution in [3.05, 3.63) is 22.2 Å². The molecule has 0 amide bonds. The highest BCUT2D eigenvalue weighted by Gasteiger charge is 2.28. The maximum atomic E-state index is 11.1. The Morgan fingerprint density at radius 3 is 2.52 bits per heavy atom. The largest absolute Gasteiger partial charge is 0.483 e. The summed E-state index contributed by atoms with van der Waals surface area (Å²) in [6, 6.07) is 3.07. The molecule has 116 valence electrons. The molecule has 0 spiro atoms. The van der Waals surface area contributed by atoms with Crippen LogP contribution >= 0.6 is 0 Å². The van der Waals surface area contributed by atoms with Crippen molar-refractivity contribution >= 4 is 17.1 Å². The van der Waals surface area contributed by atoms with E-state index in [0.29, 0.717) is 11.4 Å². The second-order valence-electron chi connectivity index (χ2n) is 5.68. The third kappa shape index (κ3) is 3.98. The van der Waals surface area contributed by atoms with Gasteiger partial charge in [0.05, 0.1) is 22.4 Å². The molecule has 1 saturated carbocycles. The second-order valence-corrected chi connectivity index (χ2v) is 5.68. The van der Waals surface area contributed by atoms with Gasteiger partial charge in [0.1, 0.15) is 0 Å². The lowest BCUT2D eigenvalue weighted by molar-refractivity contribution is -0.385. The first-order valence-electron chi connectivity index (χ1n) is 6.99. The van der Waals surface area contributed by atoms with Crippen molar-refractivity contribution in [3.8, 4) is 5.75 Å². The molecule has 0 radical (unpaired) electrons. The van der Waals surface area contributed by atoms with Crippen LogP contribution in [0, 0.1) is 10.1 Å². The molecule has 0 aliphatic heterocycles. The minimum absolute atomic E-state index is 0.0656. The van der Waals surface area contributed by atoms with Crippen LogP contribution < -0.4 is 15.4 Å². The molecule has 0 unspecified atom stereocenters. The number of nitrogens with two attached hydrogens (primary N) is 1. The highest BCUT2D eigenvalue weighted by molar-refractivity contribution is 5.74. The van der Waals surface area contributed by atoms with E-state index >= 15 is 0 Å². The number of nitrogen functional groups attached to an aromatic ring is 1. The van der Waals surface area contributed by atoms with Crippen molar-refractivity contribution in [1.82, 2.24) is 4.90 Å². The number of hydrogen-bond acceptors (Lipinski definition) is 6. The minimum atomic E-state index is -0.447. The van der Waals surface area contributed by atoms with Crippen molar-refractivity contribution < 1.29 is 9.66 Å². The predicted molar refractivity (Wildman–Crippen MR) is 83.0 cm³/mol. The van der Waals surface area contributed by atoms with Crippen LogP contribution in [-0.2, 0) is 0 Å². The van der Waals surface area contributed by atoms with Crippen LogP contribution in [0.1, 0.15) is 12.8 Å². The number of benzene rings is 1. The van der Waals surface area contributed by atoms with E-state index in [1.54, 1.807) is 6.07 Å². The molecule has 1 aromatic carbocycles. The Hall–Kier alpha value is -2.02. The standard InChI is InChI=1S/C14H22N4O3/c1-16(2)6-7-17(3)12-9-14(21-10-4-5-10)13(18(19)20)8-11(12)15/h8-10H,4-7,15H2,1-3H3. The van der Waals surface area contributed by atoms with Crippen molar-refractivity contribution in [3.63, 3.8) is 0 Å². The van der Waals surface area contributed by atoms with Gasteiger partial charge in [0, 0.05) is 32.3 Å². The Balaban J connectivity index is 2.25. The topological polar surface area (TPSA) is 84.9 Å². The van der Waals surface area contributed by atoms with Gasteiger partial charge in [-0.1, -0.05) is 0 Å². The minimum Gasteiger partial charge on any atom is -0.483 e. The number of nitro groups is 1. The summed E-state index contributed by atoms with van der Waals surface area (Å²) >= 11 is 0. The summed E-state index contributed by atoms with van der Waals surface area (Å²) in [6.07, 6.45) is 2.01. The zero-order valence-corrected chi connectivity index (χ0v) is 12.7. The quantitative estimate of drug-likeness (QED) is 0.468. The molecule has 0 aromatic heterocycles. The van der Waals surface area contributed by atoms with Gasteiger partial charge in [-0.3, -0.25) is 10.1 Å². The Kier molecular flexibility index (Phi) is 4.52. The monoisotopic (exact) mass is 294 g/mol. The zero-order chi connectivity index (χ0) is 15.6. The summed E-state index contributed by atoms with van der Waals surface area (Å²) in [5.74, 6) is 0.309. The molecule has 0 heterocycles. The van der Waals surface area contributed by atoms with Gasteiger partial charge < -0.3 is 20.3 Å². The lowest BCUT2D eigenvalue weighted by Gasteiger charge is -2.23. The molecule has 7 heteroatoms. The smallest absolute Gasteiger partial charge is 0.313 e. The van der Waals surface area contributed by atoms with E-state index in [4.69, 9.17) is 10.5 Å². The Labute approximate surface area is 124 Å². The maximum absolute atomic E-state index is 11.1. The first kappa shape index (κ1) is 15.4. The van der Waals surface area contributed by atoms with Gasteiger partial charge in [-0.15, -0.1) is 0 Å². The van der Waals surface area contributed by atoms with Crippen LogP contribution in [0.2, 0.25) is 0 Å². The predicted octanol–water partition coefficient (Wildman–Crippen LogP) is 1.72. The highest BCUT2D eigenvalue weighted by atomic mass is 16.6. The Morgan fingerprint density at radius 1 is 1.33 bits per heavy atom.